The molecule has 2 aromatic heterocycles. The molecule has 8 heteroatoms. The van der Waals surface area contributed by atoms with E-state index in [9.17, 15) is 4.79 Å². The summed E-state index contributed by atoms with van der Waals surface area (Å²) in [7, 11) is 1.37. The summed E-state index contributed by atoms with van der Waals surface area (Å²) in [4.78, 5) is 22.2. The van der Waals surface area contributed by atoms with E-state index in [0.717, 1.165) is 27.4 Å². The van der Waals surface area contributed by atoms with Crippen molar-refractivity contribution in [3.05, 3.63) is 58.2 Å². The zero-order valence-corrected chi connectivity index (χ0v) is 17.6. The highest BCUT2D eigenvalue weighted by atomic mass is 32.1. The van der Waals surface area contributed by atoms with Gasteiger partial charge in [-0.1, -0.05) is 30.3 Å². The SMILES string of the molecule is COC(=O)c1c(NC(=S)Nc2nc(C)cc(C)n2)sc(C)c1-c1ccccc1. The van der Waals surface area contributed by atoms with Gasteiger partial charge in [0.25, 0.3) is 0 Å². The Morgan fingerprint density at radius 2 is 1.71 bits per heavy atom. The number of anilines is 2. The average molecular weight is 413 g/mol. The number of thiophene rings is 1. The molecule has 2 heterocycles. The summed E-state index contributed by atoms with van der Waals surface area (Å²) in [5.74, 6) is -0.0117. The molecule has 28 heavy (non-hydrogen) atoms. The van der Waals surface area contributed by atoms with Gasteiger partial charge < -0.3 is 15.4 Å². The lowest BCUT2D eigenvalue weighted by Gasteiger charge is -2.11. The fourth-order valence-corrected chi connectivity index (χ4v) is 4.23. The van der Waals surface area contributed by atoms with E-state index in [4.69, 9.17) is 17.0 Å². The van der Waals surface area contributed by atoms with Gasteiger partial charge in [-0.3, -0.25) is 0 Å². The molecular weight excluding hydrogens is 392 g/mol. The Labute approximate surface area is 173 Å². The summed E-state index contributed by atoms with van der Waals surface area (Å²) in [6.45, 7) is 5.75. The monoisotopic (exact) mass is 412 g/mol. The molecule has 0 bridgehead atoms. The molecule has 3 rings (SSSR count). The summed E-state index contributed by atoms with van der Waals surface area (Å²) in [6.07, 6.45) is 0. The number of aromatic nitrogens is 2. The van der Waals surface area contributed by atoms with Crippen molar-refractivity contribution >= 4 is 45.6 Å². The molecule has 0 aliphatic heterocycles. The standard InChI is InChI=1S/C20H20N4O2S2/c1-11-10-12(2)22-19(21-11)24-20(27)23-17-16(18(25)26-4)15(13(3)28-17)14-8-6-5-7-9-14/h5-10H,1-4H3,(H2,21,22,23,24,27). The molecule has 0 saturated carbocycles. The minimum atomic E-state index is -0.420. The van der Waals surface area contributed by atoms with Gasteiger partial charge in [-0.25, -0.2) is 14.8 Å². The summed E-state index contributed by atoms with van der Waals surface area (Å²) in [5.41, 5.74) is 3.92. The number of ether oxygens (including phenoxy) is 1. The maximum Gasteiger partial charge on any atom is 0.341 e. The third-order valence-electron chi connectivity index (χ3n) is 3.97. The van der Waals surface area contributed by atoms with Gasteiger partial charge in [-0.05, 0) is 44.6 Å². The average Bonchev–Trinajstić information content (AvgIpc) is 2.96. The van der Waals surface area contributed by atoms with Crippen LogP contribution in [0.1, 0.15) is 26.6 Å². The van der Waals surface area contributed by atoms with Crippen molar-refractivity contribution in [2.75, 3.05) is 17.7 Å². The van der Waals surface area contributed by atoms with E-state index in [1.54, 1.807) is 0 Å². The molecule has 3 aromatic rings. The second kappa shape index (κ2) is 8.45. The Hall–Kier alpha value is -2.84. The van der Waals surface area contributed by atoms with Gasteiger partial charge in [-0.2, -0.15) is 0 Å². The molecule has 0 spiro atoms. The number of hydrogen-bond acceptors (Lipinski definition) is 6. The van der Waals surface area contributed by atoms with Gasteiger partial charge in [0.05, 0.1) is 7.11 Å². The van der Waals surface area contributed by atoms with E-state index >= 15 is 0 Å². The quantitative estimate of drug-likeness (QED) is 0.474. The summed E-state index contributed by atoms with van der Waals surface area (Å²) in [6, 6.07) is 11.6. The largest absolute Gasteiger partial charge is 0.465 e. The highest BCUT2D eigenvalue weighted by molar-refractivity contribution is 7.80. The predicted molar refractivity (Wildman–Crippen MR) is 117 cm³/mol. The lowest BCUT2D eigenvalue weighted by atomic mass is 10.0. The molecule has 0 saturated heterocycles. The first-order chi connectivity index (χ1) is 13.4. The van der Waals surface area contributed by atoms with E-state index in [0.29, 0.717) is 21.6 Å². The number of hydrogen-bond donors (Lipinski definition) is 2. The number of thiocarbonyl (C=S) groups is 1. The zero-order chi connectivity index (χ0) is 20.3. The third-order valence-corrected chi connectivity index (χ3v) is 5.20. The van der Waals surface area contributed by atoms with E-state index < -0.39 is 5.97 Å². The smallest absolute Gasteiger partial charge is 0.341 e. The molecule has 0 radical (unpaired) electrons. The zero-order valence-electron chi connectivity index (χ0n) is 16.0. The van der Waals surface area contributed by atoms with Crippen LogP contribution in [-0.2, 0) is 4.74 Å². The number of benzene rings is 1. The van der Waals surface area contributed by atoms with E-state index in [1.807, 2.05) is 57.2 Å². The van der Waals surface area contributed by atoms with E-state index in [2.05, 4.69) is 20.6 Å². The molecule has 0 atom stereocenters. The topological polar surface area (TPSA) is 76.1 Å². The van der Waals surface area contributed by atoms with Crippen LogP contribution in [-0.4, -0.2) is 28.2 Å². The molecule has 144 valence electrons. The first kappa shape index (κ1) is 19.9. The van der Waals surface area contributed by atoms with Crippen LogP contribution < -0.4 is 10.6 Å². The fraction of sp³-hybridized carbons (Fsp3) is 0.200. The normalized spacial score (nSPS) is 10.4. The van der Waals surface area contributed by atoms with Crippen LogP contribution in [0.3, 0.4) is 0 Å². The highest BCUT2D eigenvalue weighted by Crippen LogP contribution is 2.40. The van der Waals surface area contributed by atoms with Crippen molar-refractivity contribution in [3.8, 4) is 11.1 Å². The molecule has 0 aliphatic carbocycles. The van der Waals surface area contributed by atoms with E-state index in [1.165, 1.54) is 18.4 Å². The van der Waals surface area contributed by atoms with Crippen molar-refractivity contribution in [3.63, 3.8) is 0 Å². The van der Waals surface area contributed by atoms with Crippen LogP contribution >= 0.6 is 23.6 Å². The van der Waals surface area contributed by atoms with Crippen LogP contribution in [0.2, 0.25) is 0 Å². The number of nitrogens with one attached hydrogen (secondary N) is 2. The molecule has 6 nitrogen and oxygen atoms in total. The van der Waals surface area contributed by atoms with Crippen molar-refractivity contribution in [2.24, 2.45) is 0 Å². The number of esters is 1. The number of methoxy groups -OCH3 is 1. The van der Waals surface area contributed by atoms with Gasteiger partial charge >= 0.3 is 5.97 Å². The second-order valence-corrected chi connectivity index (χ2v) is 7.78. The Morgan fingerprint density at radius 1 is 1.07 bits per heavy atom. The highest BCUT2D eigenvalue weighted by Gasteiger charge is 2.24. The molecule has 1 aromatic carbocycles. The molecule has 2 N–H and O–H groups in total. The minimum absolute atomic E-state index is 0.302. The molecule has 0 aliphatic rings. The summed E-state index contributed by atoms with van der Waals surface area (Å²) >= 11 is 6.85. The van der Waals surface area contributed by atoms with Crippen LogP contribution in [0.15, 0.2) is 36.4 Å². The second-order valence-electron chi connectivity index (χ2n) is 6.15. The first-order valence-corrected chi connectivity index (χ1v) is 9.79. The maximum atomic E-state index is 12.5. The van der Waals surface area contributed by atoms with Crippen molar-refractivity contribution < 1.29 is 9.53 Å². The number of carbonyl (C=O) groups excluding carboxylic acids is 1. The third kappa shape index (κ3) is 4.35. The fourth-order valence-electron chi connectivity index (χ4n) is 2.90. The Bertz CT molecular complexity index is 1010. The maximum absolute atomic E-state index is 12.5. The van der Waals surface area contributed by atoms with Gasteiger partial charge in [0.1, 0.15) is 10.6 Å². The summed E-state index contributed by atoms with van der Waals surface area (Å²) < 4.78 is 5.02. The van der Waals surface area contributed by atoms with Crippen LogP contribution in [0.4, 0.5) is 10.9 Å². The van der Waals surface area contributed by atoms with Crippen molar-refractivity contribution in [2.45, 2.75) is 20.8 Å². The van der Waals surface area contributed by atoms with Gasteiger partial charge in [0.2, 0.25) is 5.95 Å². The van der Waals surface area contributed by atoms with Crippen molar-refractivity contribution in [1.82, 2.24) is 9.97 Å². The number of carbonyl (C=O) groups is 1. The molecular formula is C20H20N4O2S2. The minimum Gasteiger partial charge on any atom is -0.465 e. The Balaban J connectivity index is 1.93. The lowest BCUT2D eigenvalue weighted by molar-refractivity contribution is 0.0603. The number of rotatable bonds is 4. The molecule has 0 fully saturated rings. The Kier molecular flexibility index (Phi) is 6.01. The molecule has 0 unspecified atom stereocenters. The summed E-state index contributed by atoms with van der Waals surface area (Å²) in [5, 5.41) is 7.00. The number of aryl methyl sites for hydroxylation is 3. The molecule has 0 amide bonds. The van der Waals surface area contributed by atoms with Crippen LogP contribution in [0, 0.1) is 20.8 Å². The lowest BCUT2D eigenvalue weighted by Crippen LogP contribution is -2.21. The van der Waals surface area contributed by atoms with Crippen LogP contribution in [0.5, 0.6) is 0 Å². The van der Waals surface area contributed by atoms with Gasteiger partial charge in [0.15, 0.2) is 5.11 Å². The van der Waals surface area contributed by atoms with Gasteiger partial charge in [0, 0.05) is 21.8 Å². The van der Waals surface area contributed by atoms with E-state index in [-0.39, 0.29) is 0 Å². The van der Waals surface area contributed by atoms with Crippen LogP contribution in [0.25, 0.3) is 11.1 Å². The van der Waals surface area contributed by atoms with Gasteiger partial charge in [-0.15, -0.1) is 11.3 Å². The Morgan fingerprint density at radius 3 is 2.32 bits per heavy atom. The number of nitrogens with zero attached hydrogens (tertiary/aromatic N) is 2. The first-order valence-electron chi connectivity index (χ1n) is 8.56. The predicted octanol–water partition coefficient (Wildman–Crippen LogP) is 4.73. The van der Waals surface area contributed by atoms with Crippen molar-refractivity contribution in [1.29, 1.82) is 0 Å².